The van der Waals surface area contributed by atoms with Crippen LogP contribution in [-0.4, -0.2) is 63.5 Å². The molecule has 0 atom stereocenters. The summed E-state index contributed by atoms with van der Waals surface area (Å²) in [5.41, 5.74) is 4.63. The van der Waals surface area contributed by atoms with Gasteiger partial charge in [0, 0.05) is 50.5 Å². The lowest BCUT2D eigenvalue weighted by Gasteiger charge is -2.36. The van der Waals surface area contributed by atoms with Gasteiger partial charge in [0.1, 0.15) is 0 Å². The normalized spacial score (nSPS) is 14.2. The quantitative estimate of drug-likeness (QED) is 0.615. The summed E-state index contributed by atoms with van der Waals surface area (Å²) in [7, 11) is 0. The second kappa shape index (κ2) is 9.24. The topological polar surface area (TPSA) is 87.1 Å². The standard InChI is InChI=1S/C23H29N7O/c1-16-15-17(2)26-23(25-16)24-10-6-9-21(31)29-11-13-30(14-12-29)22-18(3)27-19-7-4-5-8-20(19)28-22/h4-5,7-8,15H,6,9-14H2,1-3H3,(H,24,25,26). The molecule has 0 unspecified atom stereocenters. The molecule has 2 aromatic heterocycles. The van der Waals surface area contributed by atoms with Gasteiger partial charge in [0.15, 0.2) is 5.82 Å². The van der Waals surface area contributed by atoms with Crippen LogP contribution in [0.3, 0.4) is 0 Å². The third-order valence-corrected chi connectivity index (χ3v) is 5.48. The number of anilines is 2. The summed E-state index contributed by atoms with van der Waals surface area (Å²) in [6.07, 6.45) is 1.28. The van der Waals surface area contributed by atoms with Gasteiger partial charge in [0.25, 0.3) is 0 Å². The molecule has 8 heteroatoms. The summed E-state index contributed by atoms with van der Waals surface area (Å²) in [4.78, 5) is 35.0. The van der Waals surface area contributed by atoms with Gasteiger partial charge in [-0.3, -0.25) is 4.79 Å². The second-order valence-corrected chi connectivity index (χ2v) is 7.99. The number of fused-ring (bicyclic) bond motifs is 1. The van der Waals surface area contributed by atoms with Crippen LogP contribution >= 0.6 is 0 Å². The largest absolute Gasteiger partial charge is 0.354 e. The van der Waals surface area contributed by atoms with Crippen molar-refractivity contribution in [2.45, 2.75) is 33.6 Å². The fourth-order valence-electron chi connectivity index (χ4n) is 3.95. The molecule has 0 bridgehead atoms. The number of amides is 1. The zero-order valence-corrected chi connectivity index (χ0v) is 18.4. The molecule has 0 aliphatic carbocycles. The van der Waals surface area contributed by atoms with E-state index in [-0.39, 0.29) is 5.91 Å². The molecule has 1 aliphatic rings. The van der Waals surface area contributed by atoms with E-state index in [9.17, 15) is 4.79 Å². The minimum absolute atomic E-state index is 0.198. The summed E-state index contributed by atoms with van der Waals surface area (Å²) in [5.74, 6) is 1.75. The Morgan fingerprint density at radius 3 is 2.26 bits per heavy atom. The number of para-hydroxylation sites is 2. The number of rotatable bonds is 6. The van der Waals surface area contributed by atoms with E-state index in [1.54, 1.807) is 0 Å². The van der Waals surface area contributed by atoms with Crippen molar-refractivity contribution in [3.8, 4) is 0 Å². The van der Waals surface area contributed by atoms with Gasteiger partial charge in [-0.25, -0.2) is 19.9 Å². The van der Waals surface area contributed by atoms with E-state index < -0.39 is 0 Å². The van der Waals surface area contributed by atoms with Crippen molar-refractivity contribution in [3.05, 3.63) is 47.4 Å². The van der Waals surface area contributed by atoms with Crippen molar-refractivity contribution >= 4 is 28.7 Å². The highest BCUT2D eigenvalue weighted by Gasteiger charge is 2.23. The van der Waals surface area contributed by atoms with E-state index in [1.807, 2.05) is 56.0 Å². The summed E-state index contributed by atoms with van der Waals surface area (Å²) < 4.78 is 0. The number of nitrogens with one attached hydrogen (secondary N) is 1. The Bertz CT molecular complexity index is 1060. The van der Waals surface area contributed by atoms with Crippen LogP contribution in [0.2, 0.25) is 0 Å². The number of benzene rings is 1. The van der Waals surface area contributed by atoms with E-state index >= 15 is 0 Å². The first-order valence-electron chi connectivity index (χ1n) is 10.8. The minimum Gasteiger partial charge on any atom is -0.354 e. The van der Waals surface area contributed by atoms with Gasteiger partial charge in [-0.05, 0) is 45.4 Å². The van der Waals surface area contributed by atoms with Gasteiger partial charge in [0.05, 0.1) is 16.7 Å². The molecule has 1 saturated heterocycles. The maximum absolute atomic E-state index is 12.6. The molecular weight excluding hydrogens is 390 g/mol. The van der Waals surface area contributed by atoms with Crippen LogP contribution in [0.4, 0.5) is 11.8 Å². The van der Waals surface area contributed by atoms with Crippen LogP contribution in [0, 0.1) is 20.8 Å². The molecule has 0 spiro atoms. The molecule has 3 heterocycles. The molecule has 0 saturated carbocycles. The van der Waals surface area contributed by atoms with Crippen LogP contribution in [0.5, 0.6) is 0 Å². The molecule has 4 rings (SSSR count). The summed E-state index contributed by atoms with van der Waals surface area (Å²) in [5, 5.41) is 3.22. The number of piperazine rings is 1. The molecule has 1 amide bonds. The van der Waals surface area contributed by atoms with Crippen molar-refractivity contribution in [1.82, 2.24) is 24.8 Å². The average molecular weight is 420 g/mol. The molecule has 1 N–H and O–H groups in total. The van der Waals surface area contributed by atoms with Crippen molar-refractivity contribution in [2.24, 2.45) is 0 Å². The van der Waals surface area contributed by atoms with Crippen LogP contribution < -0.4 is 10.2 Å². The van der Waals surface area contributed by atoms with E-state index in [0.717, 1.165) is 53.4 Å². The molecule has 0 radical (unpaired) electrons. The van der Waals surface area contributed by atoms with Gasteiger partial charge in [-0.1, -0.05) is 12.1 Å². The SMILES string of the molecule is Cc1cc(C)nc(NCCCC(=O)N2CCN(c3nc4ccccc4nc3C)CC2)n1. The Labute approximate surface area is 182 Å². The zero-order valence-electron chi connectivity index (χ0n) is 18.4. The molecule has 1 aliphatic heterocycles. The van der Waals surface area contributed by atoms with Gasteiger partial charge < -0.3 is 15.1 Å². The van der Waals surface area contributed by atoms with Crippen LogP contribution in [0.1, 0.15) is 29.9 Å². The molecular formula is C23H29N7O. The monoisotopic (exact) mass is 419 g/mol. The van der Waals surface area contributed by atoms with Gasteiger partial charge in [0.2, 0.25) is 11.9 Å². The van der Waals surface area contributed by atoms with E-state index in [1.165, 1.54) is 0 Å². The lowest BCUT2D eigenvalue weighted by atomic mass is 10.2. The molecule has 162 valence electrons. The Hall–Kier alpha value is -3.29. The number of aromatic nitrogens is 4. The third-order valence-electron chi connectivity index (χ3n) is 5.48. The number of hydrogen-bond acceptors (Lipinski definition) is 7. The maximum Gasteiger partial charge on any atom is 0.223 e. The average Bonchev–Trinajstić information content (AvgIpc) is 2.75. The lowest BCUT2D eigenvalue weighted by molar-refractivity contribution is -0.131. The first-order valence-corrected chi connectivity index (χ1v) is 10.8. The van der Waals surface area contributed by atoms with Gasteiger partial charge in [-0.15, -0.1) is 0 Å². The van der Waals surface area contributed by atoms with E-state index in [0.29, 0.717) is 32.0 Å². The first kappa shape index (κ1) is 21.0. The molecule has 31 heavy (non-hydrogen) atoms. The fraction of sp³-hybridized carbons (Fsp3) is 0.435. The van der Waals surface area contributed by atoms with Crippen molar-refractivity contribution in [1.29, 1.82) is 0 Å². The highest BCUT2D eigenvalue weighted by Crippen LogP contribution is 2.21. The highest BCUT2D eigenvalue weighted by molar-refractivity contribution is 5.77. The van der Waals surface area contributed by atoms with Gasteiger partial charge >= 0.3 is 0 Å². The third kappa shape index (κ3) is 5.07. The smallest absolute Gasteiger partial charge is 0.223 e. The first-order chi connectivity index (χ1) is 15.0. The van der Waals surface area contributed by atoms with Crippen molar-refractivity contribution in [2.75, 3.05) is 42.9 Å². The van der Waals surface area contributed by atoms with Crippen LogP contribution in [0.25, 0.3) is 11.0 Å². The Morgan fingerprint density at radius 2 is 1.58 bits per heavy atom. The summed E-state index contributed by atoms with van der Waals surface area (Å²) in [6, 6.07) is 9.87. The maximum atomic E-state index is 12.6. The predicted molar refractivity (Wildman–Crippen MR) is 122 cm³/mol. The highest BCUT2D eigenvalue weighted by atomic mass is 16.2. The van der Waals surface area contributed by atoms with Crippen LogP contribution in [-0.2, 0) is 4.79 Å². The van der Waals surface area contributed by atoms with Crippen molar-refractivity contribution in [3.63, 3.8) is 0 Å². The molecule has 1 fully saturated rings. The predicted octanol–water partition coefficient (Wildman–Crippen LogP) is 2.89. The Balaban J connectivity index is 1.26. The summed E-state index contributed by atoms with van der Waals surface area (Å²) >= 11 is 0. The van der Waals surface area contributed by atoms with Crippen LogP contribution in [0.15, 0.2) is 30.3 Å². The number of nitrogens with zero attached hydrogens (tertiary/aromatic N) is 6. The minimum atomic E-state index is 0.198. The van der Waals surface area contributed by atoms with E-state index in [4.69, 9.17) is 4.98 Å². The Kier molecular flexibility index (Phi) is 6.25. The fourth-order valence-corrected chi connectivity index (χ4v) is 3.95. The molecule has 1 aromatic carbocycles. The summed E-state index contributed by atoms with van der Waals surface area (Å²) in [6.45, 7) is 9.55. The number of carbonyl (C=O) groups is 1. The lowest BCUT2D eigenvalue weighted by Crippen LogP contribution is -2.49. The molecule has 8 nitrogen and oxygen atoms in total. The second-order valence-electron chi connectivity index (χ2n) is 7.99. The number of carbonyl (C=O) groups excluding carboxylic acids is 1. The number of hydrogen-bond donors (Lipinski definition) is 1. The van der Waals surface area contributed by atoms with E-state index in [2.05, 4.69) is 25.2 Å². The van der Waals surface area contributed by atoms with Crippen molar-refractivity contribution < 1.29 is 4.79 Å². The Morgan fingerprint density at radius 1 is 0.935 bits per heavy atom. The molecule has 3 aromatic rings. The zero-order chi connectivity index (χ0) is 21.8. The number of aryl methyl sites for hydroxylation is 3. The van der Waals surface area contributed by atoms with Gasteiger partial charge in [-0.2, -0.15) is 0 Å².